The standard InChI is InChI=1S/C11H13ClN4/c1-2-16-9(5-7-15-16)10(13)11-8(12)4-3-6-14-11/h3-7,10H,2,13H2,1H3. The molecule has 1 atom stereocenters. The van der Waals surface area contributed by atoms with Crippen LogP contribution in [0.4, 0.5) is 0 Å². The van der Waals surface area contributed by atoms with Crippen molar-refractivity contribution in [3.63, 3.8) is 0 Å². The Balaban J connectivity index is 2.39. The maximum absolute atomic E-state index is 6.13. The minimum Gasteiger partial charge on any atom is -0.318 e. The minimum absolute atomic E-state index is 0.337. The molecular weight excluding hydrogens is 224 g/mol. The lowest BCUT2D eigenvalue weighted by atomic mass is 10.1. The topological polar surface area (TPSA) is 56.7 Å². The molecule has 0 spiro atoms. The van der Waals surface area contributed by atoms with Gasteiger partial charge in [-0.25, -0.2) is 0 Å². The monoisotopic (exact) mass is 236 g/mol. The number of nitrogens with two attached hydrogens (primary N) is 1. The quantitative estimate of drug-likeness (QED) is 0.887. The van der Waals surface area contributed by atoms with Gasteiger partial charge in [0.2, 0.25) is 0 Å². The Bertz CT molecular complexity index is 480. The Kier molecular flexibility index (Phi) is 3.22. The van der Waals surface area contributed by atoms with Crippen LogP contribution in [0.3, 0.4) is 0 Å². The largest absolute Gasteiger partial charge is 0.318 e. The van der Waals surface area contributed by atoms with Crippen LogP contribution in [0.15, 0.2) is 30.6 Å². The number of aryl methyl sites for hydroxylation is 1. The van der Waals surface area contributed by atoms with Gasteiger partial charge in [0.05, 0.1) is 22.5 Å². The highest BCUT2D eigenvalue weighted by Gasteiger charge is 2.16. The first kappa shape index (κ1) is 11.1. The van der Waals surface area contributed by atoms with Gasteiger partial charge in [-0.05, 0) is 25.1 Å². The van der Waals surface area contributed by atoms with E-state index in [4.69, 9.17) is 17.3 Å². The van der Waals surface area contributed by atoms with E-state index in [9.17, 15) is 0 Å². The van der Waals surface area contributed by atoms with Crippen molar-refractivity contribution in [3.05, 3.63) is 47.0 Å². The molecule has 0 aromatic carbocycles. The molecule has 2 aromatic heterocycles. The van der Waals surface area contributed by atoms with Crippen molar-refractivity contribution >= 4 is 11.6 Å². The highest BCUT2D eigenvalue weighted by molar-refractivity contribution is 6.31. The van der Waals surface area contributed by atoms with E-state index in [2.05, 4.69) is 10.1 Å². The van der Waals surface area contributed by atoms with Gasteiger partial charge in [-0.2, -0.15) is 5.10 Å². The summed E-state index contributed by atoms with van der Waals surface area (Å²) in [4.78, 5) is 4.21. The van der Waals surface area contributed by atoms with E-state index >= 15 is 0 Å². The zero-order valence-electron chi connectivity index (χ0n) is 8.97. The summed E-state index contributed by atoms with van der Waals surface area (Å²) < 4.78 is 1.84. The van der Waals surface area contributed by atoms with Crippen LogP contribution in [0.5, 0.6) is 0 Å². The molecule has 0 aliphatic carbocycles. The summed E-state index contributed by atoms with van der Waals surface area (Å²) in [5.41, 5.74) is 7.73. The number of nitrogens with zero attached hydrogens (tertiary/aromatic N) is 3. The van der Waals surface area contributed by atoms with Crippen LogP contribution in [0.1, 0.15) is 24.4 Å². The van der Waals surface area contributed by atoms with Crippen molar-refractivity contribution in [2.75, 3.05) is 0 Å². The molecule has 2 N–H and O–H groups in total. The van der Waals surface area contributed by atoms with E-state index < -0.39 is 0 Å². The van der Waals surface area contributed by atoms with Gasteiger partial charge in [0.25, 0.3) is 0 Å². The number of pyridine rings is 1. The van der Waals surface area contributed by atoms with Crippen LogP contribution in [0, 0.1) is 0 Å². The molecule has 5 heteroatoms. The van der Waals surface area contributed by atoms with Crippen LogP contribution in [0.25, 0.3) is 0 Å². The summed E-state index contributed by atoms with van der Waals surface area (Å²) >= 11 is 6.06. The molecule has 4 nitrogen and oxygen atoms in total. The van der Waals surface area contributed by atoms with Crippen molar-refractivity contribution in [3.8, 4) is 0 Å². The number of aromatic nitrogens is 3. The summed E-state index contributed by atoms with van der Waals surface area (Å²) in [6.07, 6.45) is 3.42. The predicted molar refractivity (Wildman–Crippen MR) is 63.2 cm³/mol. The molecule has 0 aliphatic rings. The van der Waals surface area contributed by atoms with Gasteiger partial charge in [0, 0.05) is 18.9 Å². The van der Waals surface area contributed by atoms with E-state index in [0.717, 1.165) is 12.2 Å². The third-order valence-electron chi connectivity index (χ3n) is 2.45. The molecule has 0 radical (unpaired) electrons. The van der Waals surface area contributed by atoms with Crippen molar-refractivity contribution in [2.24, 2.45) is 5.73 Å². The van der Waals surface area contributed by atoms with Crippen LogP contribution < -0.4 is 5.73 Å². The second-order valence-electron chi connectivity index (χ2n) is 3.42. The molecule has 0 saturated heterocycles. The zero-order valence-corrected chi connectivity index (χ0v) is 9.72. The molecule has 0 saturated carbocycles. The fourth-order valence-corrected chi connectivity index (χ4v) is 1.88. The van der Waals surface area contributed by atoms with Gasteiger partial charge in [0.15, 0.2) is 0 Å². The van der Waals surface area contributed by atoms with Gasteiger partial charge in [-0.1, -0.05) is 11.6 Å². The maximum Gasteiger partial charge on any atom is 0.0912 e. The lowest BCUT2D eigenvalue weighted by Crippen LogP contribution is -2.18. The average molecular weight is 237 g/mol. The van der Waals surface area contributed by atoms with Crippen LogP contribution in [-0.4, -0.2) is 14.8 Å². The summed E-state index contributed by atoms with van der Waals surface area (Å²) in [5, 5.41) is 4.76. The highest BCUT2D eigenvalue weighted by Crippen LogP contribution is 2.23. The third kappa shape index (κ3) is 1.94. The lowest BCUT2D eigenvalue weighted by Gasteiger charge is -2.13. The van der Waals surface area contributed by atoms with E-state index in [1.54, 1.807) is 24.5 Å². The van der Waals surface area contributed by atoms with E-state index in [1.807, 2.05) is 17.7 Å². The first-order chi connectivity index (χ1) is 7.74. The maximum atomic E-state index is 6.13. The summed E-state index contributed by atoms with van der Waals surface area (Å²) in [5.74, 6) is 0. The number of halogens is 1. The lowest BCUT2D eigenvalue weighted by molar-refractivity contribution is 0.596. The second kappa shape index (κ2) is 4.63. The van der Waals surface area contributed by atoms with Crippen LogP contribution >= 0.6 is 11.6 Å². The van der Waals surface area contributed by atoms with E-state index in [1.165, 1.54) is 0 Å². The second-order valence-corrected chi connectivity index (χ2v) is 3.83. The van der Waals surface area contributed by atoms with Gasteiger partial charge in [-0.3, -0.25) is 9.67 Å². The molecule has 1 unspecified atom stereocenters. The summed E-state index contributed by atoms with van der Waals surface area (Å²) in [6.45, 7) is 2.80. The number of rotatable bonds is 3. The molecular formula is C11H13ClN4. The number of hydrogen-bond donors (Lipinski definition) is 1. The zero-order chi connectivity index (χ0) is 11.5. The average Bonchev–Trinajstić information content (AvgIpc) is 2.77. The van der Waals surface area contributed by atoms with Crippen LogP contribution in [0.2, 0.25) is 5.02 Å². The normalized spacial score (nSPS) is 12.7. The summed E-state index contributed by atoms with van der Waals surface area (Å²) in [7, 11) is 0. The van der Waals surface area contributed by atoms with Gasteiger partial charge >= 0.3 is 0 Å². The van der Waals surface area contributed by atoms with Crippen molar-refractivity contribution in [2.45, 2.75) is 19.5 Å². The Morgan fingerprint density at radius 2 is 2.25 bits per heavy atom. The van der Waals surface area contributed by atoms with E-state index in [-0.39, 0.29) is 6.04 Å². The molecule has 2 heterocycles. The molecule has 0 fully saturated rings. The van der Waals surface area contributed by atoms with Gasteiger partial charge in [0.1, 0.15) is 0 Å². The van der Waals surface area contributed by atoms with Gasteiger partial charge < -0.3 is 5.73 Å². The smallest absolute Gasteiger partial charge is 0.0912 e. The molecule has 84 valence electrons. The van der Waals surface area contributed by atoms with Crippen molar-refractivity contribution in [1.29, 1.82) is 0 Å². The SMILES string of the molecule is CCn1nccc1C(N)c1ncccc1Cl. The Labute approximate surface area is 99.1 Å². The Morgan fingerprint density at radius 3 is 2.94 bits per heavy atom. The predicted octanol–water partition coefficient (Wildman–Crippen LogP) is 2.00. The first-order valence-corrected chi connectivity index (χ1v) is 5.49. The summed E-state index contributed by atoms with van der Waals surface area (Å²) in [6, 6.07) is 5.13. The minimum atomic E-state index is -0.337. The Morgan fingerprint density at radius 1 is 1.44 bits per heavy atom. The van der Waals surface area contributed by atoms with Crippen molar-refractivity contribution < 1.29 is 0 Å². The Hall–Kier alpha value is -1.39. The van der Waals surface area contributed by atoms with Crippen LogP contribution in [-0.2, 0) is 6.54 Å². The third-order valence-corrected chi connectivity index (χ3v) is 2.77. The molecule has 2 aromatic rings. The molecule has 0 aliphatic heterocycles. The molecule has 0 bridgehead atoms. The fraction of sp³-hybridized carbons (Fsp3) is 0.273. The molecule has 2 rings (SSSR count). The van der Waals surface area contributed by atoms with Gasteiger partial charge in [-0.15, -0.1) is 0 Å². The number of hydrogen-bond acceptors (Lipinski definition) is 3. The first-order valence-electron chi connectivity index (χ1n) is 5.11. The fourth-order valence-electron chi connectivity index (χ4n) is 1.64. The van der Waals surface area contributed by atoms with Crippen molar-refractivity contribution in [1.82, 2.24) is 14.8 Å². The molecule has 0 amide bonds. The van der Waals surface area contributed by atoms with E-state index in [0.29, 0.717) is 10.7 Å². The molecule has 16 heavy (non-hydrogen) atoms. The highest BCUT2D eigenvalue weighted by atomic mass is 35.5.